The number of carbonyl (C=O) groups excluding carboxylic acids is 1. The minimum atomic E-state index is -1.84. The third-order valence-electron chi connectivity index (χ3n) is 5.63. The molecule has 0 unspecified atom stereocenters. The standard InChI is InChI=1S/C20H24O5/c1-5-10-19-11-6-7-17(21)20(19,22)25-18(13(19)2)14-8-9-15(23-3)16(12-14)24-4/h5-9,12-13,18,22H,1,10-11H2,2-4H3/t13-,18+,19+,20-/m1/s1. The highest BCUT2D eigenvalue weighted by Crippen LogP contribution is 2.61. The normalized spacial score (nSPS) is 33.8. The molecule has 2 aliphatic rings. The Morgan fingerprint density at radius 2 is 2.08 bits per heavy atom. The molecular weight excluding hydrogens is 320 g/mol. The average molecular weight is 344 g/mol. The van der Waals surface area contributed by atoms with Crippen molar-refractivity contribution in [2.45, 2.75) is 31.7 Å². The van der Waals surface area contributed by atoms with Crippen molar-refractivity contribution in [3.8, 4) is 11.5 Å². The van der Waals surface area contributed by atoms with E-state index in [0.717, 1.165) is 5.56 Å². The number of hydrogen-bond acceptors (Lipinski definition) is 5. The van der Waals surface area contributed by atoms with Gasteiger partial charge >= 0.3 is 0 Å². The maximum Gasteiger partial charge on any atom is 0.237 e. The summed E-state index contributed by atoms with van der Waals surface area (Å²) in [6.07, 6.45) is 5.58. The number of allylic oxidation sites excluding steroid dienone is 2. The zero-order valence-electron chi connectivity index (χ0n) is 14.8. The zero-order valence-corrected chi connectivity index (χ0v) is 14.8. The van der Waals surface area contributed by atoms with Crippen molar-refractivity contribution in [1.29, 1.82) is 0 Å². The molecule has 3 rings (SSSR count). The van der Waals surface area contributed by atoms with Gasteiger partial charge in [0.25, 0.3) is 0 Å². The van der Waals surface area contributed by atoms with Gasteiger partial charge in [0.15, 0.2) is 11.5 Å². The van der Waals surface area contributed by atoms with Crippen molar-refractivity contribution in [2.24, 2.45) is 11.3 Å². The first-order chi connectivity index (χ1) is 11.9. The maximum atomic E-state index is 12.5. The van der Waals surface area contributed by atoms with Gasteiger partial charge < -0.3 is 19.3 Å². The molecule has 0 aromatic heterocycles. The van der Waals surface area contributed by atoms with Crippen LogP contribution in [0.2, 0.25) is 0 Å². The van der Waals surface area contributed by atoms with Gasteiger partial charge in [0.2, 0.25) is 11.6 Å². The molecule has 1 aliphatic heterocycles. The molecule has 1 aromatic rings. The van der Waals surface area contributed by atoms with Crippen LogP contribution in [0.15, 0.2) is 43.0 Å². The minimum absolute atomic E-state index is 0.0949. The molecule has 0 bridgehead atoms. The van der Waals surface area contributed by atoms with Crippen LogP contribution in [0.25, 0.3) is 0 Å². The van der Waals surface area contributed by atoms with E-state index < -0.39 is 23.1 Å². The Morgan fingerprint density at radius 3 is 2.72 bits per heavy atom. The average Bonchev–Trinajstić information content (AvgIpc) is 2.85. The van der Waals surface area contributed by atoms with Gasteiger partial charge in [-0.3, -0.25) is 4.79 Å². The first-order valence-corrected chi connectivity index (χ1v) is 8.37. The minimum Gasteiger partial charge on any atom is -0.493 e. The van der Waals surface area contributed by atoms with Crippen LogP contribution in [-0.2, 0) is 9.53 Å². The molecule has 1 N–H and O–H groups in total. The zero-order chi connectivity index (χ0) is 18.2. The van der Waals surface area contributed by atoms with Crippen molar-refractivity contribution in [3.05, 3.63) is 48.6 Å². The summed E-state index contributed by atoms with van der Waals surface area (Å²) in [7, 11) is 3.15. The highest BCUT2D eigenvalue weighted by Gasteiger charge is 2.66. The largest absolute Gasteiger partial charge is 0.493 e. The second kappa shape index (κ2) is 6.32. The Bertz CT molecular complexity index is 725. The van der Waals surface area contributed by atoms with Crippen molar-refractivity contribution >= 4 is 5.78 Å². The summed E-state index contributed by atoms with van der Waals surface area (Å²) in [4.78, 5) is 12.5. The van der Waals surface area contributed by atoms with E-state index in [-0.39, 0.29) is 5.92 Å². The Hall–Kier alpha value is -2.11. The lowest BCUT2D eigenvalue weighted by atomic mass is 9.62. The fourth-order valence-corrected chi connectivity index (χ4v) is 4.17. The molecule has 4 atom stereocenters. The number of fused-ring (bicyclic) bond motifs is 1. The molecule has 1 heterocycles. The first-order valence-electron chi connectivity index (χ1n) is 8.37. The van der Waals surface area contributed by atoms with E-state index in [1.54, 1.807) is 26.4 Å². The molecule has 5 nitrogen and oxygen atoms in total. The van der Waals surface area contributed by atoms with Gasteiger partial charge in [0.05, 0.1) is 20.3 Å². The van der Waals surface area contributed by atoms with Crippen LogP contribution in [0.3, 0.4) is 0 Å². The van der Waals surface area contributed by atoms with Gasteiger partial charge in [-0.25, -0.2) is 0 Å². The van der Waals surface area contributed by atoms with Gasteiger partial charge in [-0.15, -0.1) is 6.58 Å². The molecule has 0 spiro atoms. The topological polar surface area (TPSA) is 65.0 Å². The van der Waals surface area contributed by atoms with Crippen LogP contribution in [0, 0.1) is 11.3 Å². The van der Waals surface area contributed by atoms with Crippen LogP contribution in [-0.4, -0.2) is 30.9 Å². The van der Waals surface area contributed by atoms with Gasteiger partial charge in [-0.05, 0) is 42.5 Å². The number of ether oxygens (including phenoxy) is 3. The predicted octanol–water partition coefficient (Wildman–Crippen LogP) is 3.19. The molecule has 134 valence electrons. The highest BCUT2D eigenvalue weighted by atomic mass is 16.6. The van der Waals surface area contributed by atoms with E-state index in [1.165, 1.54) is 6.08 Å². The van der Waals surface area contributed by atoms with Crippen molar-refractivity contribution < 1.29 is 24.1 Å². The number of methoxy groups -OCH3 is 2. The predicted molar refractivity (Wildman–Crippen MR) is 93.5 cm³/mol. The number of aliphatic hydroxyl groups is 1. The van der Waals surface area contributed by atoms with Crippen molar-refractivity contribution in [2.75, 3.05) is 14.2 Å². The number of hydrogen-bond donors (Lipinski definition) is 1. The van der Waals surface area contributed by atoms with Crippen LogP contribution in [0.1, 0.15) is 31.4 Å². The fraction of sp³-hybridized carbons (Fsp3) is 0.450. The lowest BCUT2D eigenvalue weighted by Gasteiger charge is -2.42. The molecule has 0 saturated carbocycles. The first kappa shape index (κ1) is 17.7. The monoisotopic (exact) mass is 344 g/mol. The molecule has 0 amide bonds. The summed E-state index contributed by atoms with van der Waals surface area (Å²) < 4.78 is 16.7. The summed E-state index contributed by atoms with van der Waals surface area (Å²) in [6, 6.07) is 5.51. The number of rotatable bonds is 5. The lowest BCUT2D eigenvalue weighted by molar-refractivity contribution is -0.229. The van der Waals surface area contributed by atoms with Gasteiger partial charge in [-0.2, -0.15) is 0 Å². The third-order valence-corrected chi connectivity index (χ3v) is 5.63. The Balaban J connectivity index is 2.06. The number of ketones is 1. The van der Waals surface area contributed by atoms with Gasteiger partial charge in [-0.1, -0.05) is 25.1 Å². The van der Waals surface area contributed by atoms with E-state index in [2.05, 4.69) is 6.58 Å². The molecule has 1 saturated heterocycles. The number of benzene rings is 1. The fourth-order valence-electron chi connectivity index (χ4n) is 4.17. The second-order valence-corrected chi connectivity index (χ2v) is 6.71. The molecular formula is C20H24O5. The number of carbonyl (C=O) groups is 1. The summed E-state index contributed by atoms with van der Waals surface area (Å²) in [5.41, 5.74) is 0.113. The summed E-state index contributed by atoms with van der Waals surface area (Å²) in [5.74, 6) is -1.14. The highest BCUT2D eigenvalue weighted by molar-refractivity contribution is 5.97. The molecule has 0 radical (unpaired) electrons. The quantitative estimate of drug-likeness (QED) is 0.831. The summed E-state index contributed by atoms with van der Waals surface area (Å²) in [6.45, 7) is 5.82. The van der Waals surface area contributed by atoms with Crippen molar-refractivity contribution in [3.63, 3.8) is 0 Å². The van der Waals surface area contributed by atoms with E-state index in [4.69, 9.17) is 14.2 Å². The van der Waals surface area contributed by atoms with Gasteiger partial charge in [0.1, 0.15) is 0 Å². The summed E-state index contributed by atoms with van der Waals surface area (Å²) in [5, 5.41) is 11.2. The molecule has 1 aromatic carbocycles. The van der Waals surface area contributed by atoms with E-state index >= 15 is 0 Å². The Labute approximate surface area is 147 Å². The molecule has 1 fully saturated rings. The molecule has 5 heteroatoms. The maximum absolute atomic E-state index is 12.5. The second-order valence-electron chi connectivity index (χ2n) is 6.71. The van der Waals surface area contributed by atoms with E-state index in [1.807, 2.05) is 25.1 Å². The van der Waals surface area contributed by atoms with Crippen molar-refractivity contribution in [1.82, 2.24) is 0 Å². The van der Waals surface area contributed by atoms with Crippen LogP contribution >= 0.6 is 0 Å². The van der Waals surface area contributed by atoms with Crippen LogP contribution in [0.4, 0.5) is 0 Å². The summed E-state index contributed by atoms with van der Waals surface area (Å²) >= 11 is 0. The van der Waals surface area contributed by atoms with E-state index in [0.29, 0.717) is 24.3 Å². The third kappa shape index (κ3) is 2.41. The Morgan fingerprint density at radius 1 is 1.36 bits per heavy atom. The van der Waals surface area contributed by atoms with Gasteiger partial charge in [0, 0.05) is 5.41 Å². The SMILES string of the molecule is C=CC[C@@]12CC=CC(=O)[C@@]1(O)O[C@H](c1ccc(OC)c(OC)c1)[C@H]2C. The molecule has 25 heavy (non-hydrogen) atoms. The smallest absolute Gasteiger partial charge is 0.237 e. The van der Waals surface area contributed by atoms with Crippen LogP contribution in [0.5, 0.6) is 11.5 Å². The molecule has 1 aliphatic carbocycles. The van der Waals surface area contributed by atoms with E-state index in [9.17, 15) is 9.90 Å². The lowest BCUT2D eigenvalue weighted by Crippen LogP contribution is -2.54. The Kier molecular flexibility index (Phi) is 4.47. The van der Waals surface area contributed by atoms with Crippen LogP contribution < -0.4 is 9.47 Å².